The fourth-order valence-electron chi connectivity index (χ4n) is 1.58. The van der Waals surface area contributed by atoms with Crippen molar-refractivity contribution in [2.75, 3.05) is 13.6 Å². The van der Waals surface area contributed by atoms with Crippen LogP contribution in [0.4, 0.5) is 0 Å². The molecule has 0 fully saturated rings. The van der Waals surface area contributed by atoms with Crippen LogP contribution in [0.25, 0.3) is 0 Å². The number of aromatic nitrogens is 1. The van der Waals surface area contributed by atoms with E-state index < -0.39 is 5.97 Å². The third-order valence-electron chi connectivity index (χ3n) is 2.55. The van der Waals surface area contributed by atoms with Gasteiger partial charge in [-0.15, -0.1) is 11.3 Å². The number of rotatable bonds is 7. The van der Waals surface area contributed by atoms with Crippen LogP contribution in [-0.2, 0) is 13.0 Å². The summed E-state index contributed by atoms with van der Waals surface area (Å²) in [7, 11) is 2.02. The van der Waals surface area contributed by atoms with E-state index in [9.17, 15) is 4.79 Å². The molecule has 0 aliphatic carbocycles. The minimum Gasteiger partial charge on any atom is -0.476 e. The largest absolute Gasteiger partial charge is 0.476 e. The van der Waals surface area contributed by atoms with Crippen LogP contribution in [0.15, 0.2) is 0 Å². The van der Waals surface area contributed by atoms with E-state index in [1.807, 2.05) is 14.0 Å². The van der Waals surface area contributed by atoms with Gasteiger partial charge in [-0.05, 0) is 26.4 Å². The van der Waals surface area contributed by atoms with Gasteiger partial charge in [0.2, 0.25) is 0 Å². The molecule has 0 spiro atoms. The molecule has 17 heavy (non-hydrogen) atoms. The Kier molecular flexibility index (Phi) is 5.58. The summed E-state index contributed by atoms with van der Waals surface area (Å²) in [6.07, 6.45) is 3.08. The normalized spacial score (nSPS) is 11.1. The average Bonchev–Trinajstić information content (AvgIpc) is 2.69. The molecule has 0 atom stereocenters. The second-order valence-electron chi connectivity index (χ2n) is 4.13. The summed E-state index contributed by atoms with van der Waals surface area (Å²) in [6, 6.07) is 0. The second kappa shape index (κ2) is 6.71. The van der Waals surface area contributed by atoms with E-state index in [2.05, 4.69) is 16.8 Å². The Morgan fingerprint density at radius 1 is 1.47 bits per heavy atom. The van der Waals surface area contributed by atoms with Crippen molar-refractivity contribution >= 4 is 17.3 Å². The maximum absolute atomic E-state index is 11.1. The molecule has 1 heterocycles. The van der Waals surface area contributed by atoms with E-state index in [0.29, 0.717) is 6.54 Å². The van der Waals surface area contributed by atoms with Gasteiger partial charge in [0.1, 0.15) is 0 Å². The highest BCUT2D eigenvalue weighted by Crippen LogP contribution is 2.21. The van der Waals surface area contributed by atoms with E-state index in [4.69, 9.17) is 5.11 Å². The number of carboxylic acids is 1. The van der Waals surface area contributed by atoms with Gasteiger partial charge >= 0.3 is 5.97 Å². The number of nitrogens with zero attached hydrogens (tertiary/aromatic N) is 2. The maximum atomic E-state index is 11.1. The smallest absolute Gasteiger partial charge is 0.355 e. The highest BCUT2D eigenvalue weighted by Gasteiger charge is 2.17. The number of hydrogen-bond acceptors (Lipinski definition) is 4. The maximum Gasteiger partial charge on any atom is 0.355 e. The van der Waals surface area contributed by atoms with Crippen LogP contribution in [-0.4, -0.2) is 34.6 Å². The lowest BCUT2D eigenvalue weighted by Gasteiger charge is -2.14. The minimum absolute atomic E-state index is 0.232. The van der Waals surface area contributed by atoms with Crippen molar-refractivity contribution in [3.05, 3.63) is 15.6 Å². The van der Waals surface area contributed by atoms with Crippen LogP contribution >= 0.6 is 11.3 Å². The lowest BCUT2D eigenvalue weighted by molar-refractivity contribution is 0.0689. The molecule has 0 saturated carbocycles. The summed E-state index contributed by atoms with van der Waals surface area (Å²) >= 11 is 1.52. The summed E-state index contributed by atoms with van der Waals surface area (Å²) in [6.45, 7) is 5.82. The fraction of sp³-hybridized carbons (Fsp3) is 0.667. The first-order chi connectivity index (χ1) is 8.08. The summed E-state index contributed by atoms with van der Waals surface area (Å²) < 4.78 is 0. The van der Waals surface area contributed by atoms with Crippen molar-refractivity contribution < 1.29 is 9.90 Å². The standard InChI is InChI=1S/C12H20N2O2S/c1-4-6-7-14(3)8-9-11(12(15)16)13-10(5-2)17-9/h4-8H2,1-3H3,(H,15,16). The van der Waals surface area contributed by atoms with Crippen LogP contribution in [0.2, 0.25) is 0 Å². The molecule has 0 bridgehead atoms. The molecule has 4 nitrogen and oxygen atoms in total. The van der Waals surface area contributed by atoms with E-state index >= 15 is 0 Å². The van der Waals surface area contributed by atoms with Gasteiger partial charge in [0.05, 0.1) is 9.88 Å². The number of hydrogen-bond donors (Lipinski definition) is 1. The average molecular weight is 256 g/mol. The molecule has 5 heteroatoms. The van der Waals surface area contributed by atoms with Crippen LogP contribution in [0.3, 0.4) is 0 Å². The molecule has 0 aliphatic rings. The van der Waals surface area contributed by atoms with Crippen LogP contribution < -0.4 is 0 Å². The summed E-state index contributed by atoms with van der Waals surface area (Å²) in [5, 5.41) is 9.99. The van der Waals surface area contributed by atoms with Gasteiger partial charge in [0.25, 0.3) is 0 Å². The third kappa shape index (κ3) is 4.09. The zero-order valence-corrected chi connectivity index (χ0v) is 11.5. The molecule has 1 aromatic heterocycles. The SMILES string of the molecule is CCCCN(C)Cc1sc(CC)nc1C(=O)O. The van der Waals surface area contributed by atoms with Crippen molar-refractivity contribution in [3.63, 3.8) is 0 Å². The molecule has 0 radical (unpaired) electrons. The van der Waals surface area contributed by atoms with Crippen molar-refractivity contribution in [1.82, 2.24) is 9.88 Å². The number of carbonyl (C=O) groups is 1. The van der Waals surface area contributed by atoms with Gasteiger partial charge in [-0.1, -0.05) is 20.3 Å². The first-order valence-corrected chi connectivity index (χ1v) is 6.80. The van der Waals surface area contributed by atoms with Crippen molar-refractivity contribution in [3.8, 4) is 0 Å². The van der Waals surface area contributed by atoms with Gasteiger partial charge in [0, 0.05) is 6.54 Å². The molecule has 1 N–H and O–H groups in total. The van der Waals surface area contributed by atoms with Crippen molar-refractivity contribution in [2.45, 2.75) is 39.7 Å². The fourth-order valence-corrected chi connectivity index (χ4v) is 2.66. The Bertz CT molecular complexity index is 377. The first kappa shape index (κ1) is 14.1. The number of unbranched alkanes of at least 4 members (excludes halogenated alkanes) is 1. The Morgan fingerprint density at radius 3 is 2.71 bits per heavy atom. The quantitative estimate of drug-likeness (QED) is 0.815. The summed E-state index contributed by atoms with van der Waals surface area (Å²) in [4.78, 5) is 18.3. The highest BCUT2D eigenvalue weighted by atomic mass is 32.1. The summed E-state index contributed by atoms with van der Waals surface area (Å²) in [5.41, 5.74) is 0.232. The van der Waals surface area contributed by atoms with Gasteiger partial charge in [-0.25, -0.2) is 9.78 Å². The summed E-state index contributed by atoms with van der Waals surface area (Å²) in [5.74, 6) is -0.917. The molecule has 0 unspecified atom stereocenters. The zero-order chi connectivity index (χ0) is 12.8. The highest BCUT2D eigenvalue weighted by molar-refractivity contribution is 7.11. The molecular weight excluding hydrogens is 236 g/mol. The molecule has 0 aliphatic heterocycles. The number of aromatic carboxylic acids is 1. The van der Waals surface area contributed by atoms with E-state index in [1.165, 1.54) is 11.3 Å². The van der Waals surface area contributed by atoms with E-state index in [-0.39, 0.29) is 5.69 Å². The third-order valence-corrected chi connectivity index (χ3v) is 3.74. The first-order valence-electron chi connectivity index (χ1n) is 5.98. The van der Waals surface area contributed by atoms with Crippen molar-refractivity contribution in [1.29, 1.82) is 0 Å². The zero-order valence-electron chi connectivity index (χ0n) is 10.7. The molecule has 1 aromatic rings. The predicted octanol–water partition coefficient (Wildman–Crippen LogP) is 2.64. The Balaban J connectivity index is 2.74. The van der Waals surface area contributed by atoms with Gasteiger partial charge in [-0.2, -0.15) is 0 Å². The molecule has 0 amide bonds. The molecule has 0 saturated heterocycles. The molecule has 96 valence electrons. The lowest BCUT2D eigenvalue weighted by Crippen LogP contribution is -2.19. The number of thiazole rings is 1. The van der Waals surface area contributed by atoms with E-state index in [1.54, 1.807) is 0 Å². The van der Waals surface area contributed by atoms with E-state index in [0.717, 1.165) is 35.7 Å². The van der Waals surface area contributed by atoms with Crippen LogP contribution in [0.5, 0.6) is 0 Å². The Morgan fingerprint density at radius 2 is 2.18 bits per heavy atom. The van der Waals surface area contributed by atoms with Gasteiger partial charge in [-0.3, -0.25) is 0 Å². The lowest BCUT2D eigenvalue weighted by atomic mass is 10.3. The Labute approximate surface area is 106 Å². The number of aryl methyl sites for hydroxylation is 1. The van der Waals surface area contributed by atoms with Crippen LogP contribution in [0, 0.1) is 0 Å². The molecule has 1 rings (SSSR count). The van der Waals surface area contributed by atoms with Crippen molar-refractivity contribution in [2.24, 2.45) is 0 Å². The van der Waals surface area contributed by atoms with Gasteiger partial charge in [0.15, 0.2) is 5.69 Å². The Hall–Kier alpha value is -0.940. The predicted molar refractivity (Wildman–Crippen MR) is 69.7 cm³/mol. The minimum atomic E-state index is -0.917. The monoisotopic (exact) mass is 256 g/mol. The number of carboxylic acid groups (broad SMARTS) is 1. The topological polar surface area (TPSA) is 53.4 Å². The van der Waals surface area contributed by atoms with Gasteiger partial charge < -0.3 is 10.0 Å². The van der Waals surface area contributed by atoms with Crippen LogP contribution in [0.1, 0.15) is 47.1 Å². The molecular formula is C12H20N2O2S. The second-order valence-corrected chi connectivity index (χ2v) is 5.30. The molecule has 0 aromatic carbocycles.